The summed E-state index contributed by atoms with van der Waals surface area (Å²) in [5, 5.41) is 12.0. The molecular weight excluding hydrogens is 210 g/mol. The average Bonchev–Trinajstić information content (AvgIpc) is 2.83. The molecule has 15 heavy (non-hydrogen) atoms. The van der Waals surface area contributed by atoms with Gasteiger partial charge in [0.1, 0.15) is 0 Å². The Morgan fingerprint density at radius 2 is 2.33 bits per heavy atom. The van der Waals surface area contributed by atoms with Gasteiger partial charge in [-0.05, 0) is 19.1 Å². The highest BCUT2D eigenvalue weighted by Crippen LogP contribution is 2.28. The van der Waals surface area contributed by atoms with Crippen molar-refractivity contribution in [2.45, 2.75) is 44.0 Å². The lowest BCUT2D eigenvalue weighted by atomic mass is 10.2. The van der Waals surface area contributed by atoms with Crippen molar-refractivity contribution in [1.82, 2.24) is 15.5 Å². The number of thioether (sulfide) groups is 1. The summed E-state index contributed by atoms with van der Waals surface area (Å²) in [6.45, 7) is 2.51. The molecule has 1 aromatic heterocycles. The van der Waals surface area contributed by atoms with E-state index in [9.17, 15) is 0 Å². The third-order valence-corrected chi connectivity index (χ3v) is 4.01. The molecule has 1 N–H and O–H groups in total. The zero-order chi connectivity index (χ0) is 10.7. The van der Waals surface area contributed by atoms with Gasteiger partial charge in [-0.1, -0.05) is 6.42 Å². The van der Waals surface area contributed by atoms with Crippen molar-refractivity contribution in [1.29, 1.82) is 0 Å². The zero-order valence-corrected chi connectivity index (χ0v) is 10.0. The quantitative estimate of drug-likeness (QED) is 0.849. The monoisotopic (exact) mass is 227 g/mol. The van der Waals surface area contributed by atoms with Gasteiger partial charge in [0, 0.05) is 18.2 Å². The molecule has 1 aliphatic carbocycles. The molecule has 0 spiro atoms. The fraction of sp³-hybridized carbons (Fsp3) is 0.800. The van der Waals surface area contributed by atoms with Crippen molar-refractivity contribution in [3.05, 3.63) is 11.8 Å². The van der Waals surface area contributed by atoms with Crippen LogP contribution < -0.4 is 5.32 Å². The summed E-state index contributed by atoms with van der Waals surface area (Å²) in [6.07, 6.45) is 6.09. The molecule has 84 valence electrons. The van der Waals surface area contributed by atoms with E-state index in [1.54, 1.807) is 0 Å². The van der Waals surface area contributed by atoms with Crippen molar-refractivity contribution in [3.8, 4) is 0 Å². The Morgan fingerprint density at radius 3 is 3.00 bits per heavy atom. The van der Waals surface area contributed by atoms with E-state index in [0.717, 1.165) is 5.25 Å². The Kier molecular flexibility index (Phi) is 3.64. The molecule has 0 radical (unpaired) electrons. The van der Waals surface area contributed by atoms with E-state index in [0.29, 0.717) is 24.4 Å². The molecular formula is C10H17N3OS. The highest BCUT2D eigenvalue weighted by molar-refractivity contribution is 7.99. The predicted octanol–water partition coefficient (Wildman–Crippen LogP) is 1.75. The molecule has 4 nitrogen and oxygen atoms in total. The third kappa shape index (κ3) is 2.72. The second kappa shape index (κ2) is 4.99. The first-order valence-electron chi connectivity index (χ1n) is 5.35. The standard InChI is InChI=1S/C10H17N3OS/c1-7-12-13-10(14-7)6-11-8-4-3-5-9(8)15-2/h8-9,11H,3-6H2,1-2H3. The first-order valence-corrected chi connectivity index (χ1v) is 6.63. The molecule has 0 aliphatic heterocycles. The van der Waals surface area contributed by atoms with Crippen LogP contribution in [-0.2, 0) is 6.54 Å². The van der Waals surface area contributed by atoms with Gasteiger partial charge in [-0.2, -0.15) is 11.8 Å². The lowest BCUT2D eigenvalue weighted by Gasteiger charge is -2.17. The fourth-order valence-corrected chi connectivity index (χ4v) is 3.03. The molecule has 1 aliphatic rings. The molecule has 1 saturated carbocycles. The van der Waals surface area contributed by atoms with Gasteiger partial charge in [0.25, 0.3) is 0 Å². The van der Waals surface area contributed by atoms with Gasteiger partial charge in [-0.15, -0.1) is 10.2 Å². The van der Waals surface area contributed by atoms with Crippen molar-refractivity contribution in [2.24, 2.45) is 0 Å². The smallest absolute Gasteiger partial charge is 0.230 e. The van der Waals surface area contributed by atoms with Gasteiger partial charge >= 0.3 is 0 Å². The number of nitrogens with one attached hydrogen (secondary N) is 1. The van der Waals surface area contributed by atoms with Gasteiger partial charge in [0.15, 0.2) is 0 Å². The lowest BCUT2D eigenvalue weighted by molar-refractivity contribution is 0.423. The van der Waals surface area contributed by atoms with E-state index in [-0.39, 0.29) is 0 Å². The number of hydrogen-bond acceptors (Lipinski definition) is 5. The number of rotatable bonds is 4. The van der Waals surface area contributed by atoms with Crippen molar-refractivity contribution in [3.63, 3.8) is 0 Å². The summed E-state index contributed by atoms with van der Waals surface area (Å²) in [5.74, 6) is 1.33. The Balaban J connectivity index is 1.82. The van der Waals surface area contributed by atoms with Gasteiger partial charge < -0.3 is 9.73 Å². The highest BCUT2D eigenvalue weighted by atomic mass is 32.2. The molecule has 0 saturated heterocycles. The van der Waals surface area contributed by atoms with Crippen LogP contribution in [0.1, 0.15) is 31.0 Å². The van der Waals surface area contributed by atoms with Crippen LogP contribution in [0.4, 0.5) is 0 Å². The van der Waals surface area contributed by atoms with Gasteiger partial charge in [-0.3, -0.25) is 0 Å². The van der Waals surface area contributed by atoms with E-state index < -0.39 is 0 Å². The Morgan fingerprint density at radius 1 is 1.47 bits per heavy atom. The Labute approximate surface area is 94.2 Å². The molecule has 0 amide bonds. The maximum Gasteiger partial charge on any atom is 0.230 e. The molecule has 2 rings (SSSR count). The molecule has 2 atom stereocenters. The molecule has 1 aromatic rings. The Hall–Kier alpha value is -0.550. The summed E-state index contributed by atoms with van der Waals surface area (Å²) >= 11 is 1.95. The first kappa shape index (κ1) is 11.0. The van der Waals surface area contributed by atoms with Crippen LogP contribution >= 0.6 is 11.8 Å². The maximum atomic E-state index is 5.32. The summed E-state index contributed by atoms with van der Waals surface area (Å²) in [7, 11) is 0. The van der Waals surface area contributed by atoms with Crippen LogP contribution in [0.25, 0.3) is 0 Å². The number of aryl methyl sites for hydroxylation is 1. The molecule has 2 unspecified atom stereocenters. The molecule has 5 heteroatoms. The summed E-state index contributed by atoms with van der Waals surface area (Å²) in [4.78, 5) is 0. The zero-order valence-electron chi connectivity index (χ0n) is 9.19. The summed E-state index contributed by atoms with van der Waals surface area (Å²) < 4.78 is 5.32. The minimum absolute atomic E-state index is 0.604. The number of nitrogens with zero attached hydrogens (tertiary/aromatic N) is 2. The molecule has 0 bridgehead atoms. The van der Waals surface area contributed by atoms with Crippen molar-refractivity contribution < 1.29 is 4.42 Å². The average molecular weight is 227 g/mol. The van der Waals surface area contributed by atoms with E-state index in [1.165, 1.54) is 19.3 Å². The van der Waals surface area contributed by atoms with Crippen LogP contribution in [-0.4, -0.2) is 27.7 Å². The van der Waals surface area contributed by atoms with Gasteiger partial charge in [0.2, 0.25) is 11.8 Å². The fourth-order valence-electron chi connectivity index (χ4n) is 2.07. The van der Waals surface area contributed by atoms with Crippen LogP contribution in [0.2, 0.25) is 0 Å². The highest BCUT2D eigenvalue weighted by Gasteiger charge is 2.26. The maximum absolute atomic E-state index is 5.32. The summed E-state index contributed by atoms with van der Waals surface area (Å²) in [5.41, 5.74) is 0. The van der Waals surface area contributed by atoms with E-state index in [1.807, 2.05) is 18.7 Å². The normalized spacial score (nSPS) is 26.0. The second-order valence-electron chi connectivity index (χ2n) is 3.91. The number of hydrogen-bond donors (Lipinski definition) is 1. The minimum atomic E-state index is 0.604. The number of aromatic nitrogens is 2. The minimum Gasteiger partial charge on any atom is -0.424 e. The van der Waals surface area contributed by atoms with Crippen LogP contribution in [0.3, 0.4) is 0 Å². The molecule has 1 heterocycles. The van der Waals surface area contributed by atoms with Crippen LogP contribution in [0.15, 0.2) is 4.42 Å². The SMILES string of the molecule is CSC1CCCC1NCc1nnc(C)o1. The van der Waals surface area contributed by atoms with Crippen LogP contribution in [0, 0.1) is 6.92 Å². The largest absolute Gasteiger partial charge is 0.424 e. The molecule has 1 fully saturated rings. The van der Waals surface area contributed by atoms with Crippen molar-refractivity contribution in [2.75, 3.05) is 6.26 Å². The predicted molar refractivity (Wildman–Crippen MR) is 60.8 cm³/mol. The van der Waals surface area contributed by atoms with Crippen molar-refractivity contribution >= 4 is 11.8 Å². The van der Waals surface area contributed by atoms with Gasteiger partial charge in [0.05, 0.1) is 6.54 Å². The summed E-state index contributed by atoms with van der Waals surface area (Å²) in [6, 6.07) is 0.604. The van der Waals surface area contributed by atoms with Crippen LogP contribution in [0.5, 0.6) is 0 Å². The van der Waals surface area contributed by atoms with E-state index >= 15 is 0 Å². The van der Waals surface area contributed by atoms with E-state index in [2.05, 4.69) is 21.8 Å². The molecule has 0 aromatic carbocycles. The lowest BCUT2D eigenvalue weighted by Crippen LogP contribution is -2.33. The van der Waals surface area contributed by atoms with E-state index in [4.69, 9.17) is 4.42 Å². The topological polar surface area (TPSA) is 51.0 Å². The second-order valence-corrected chi connectivity index (χ2v) is 4.98. The third-order valence-electron chi connectivity index (χ3n) is 2.84. The Bertz CT molecular complexity index is 315. The first-order chi connectivity index (χ1) is 7.29. The van der Waals surface area contributed by atoms with Gasteiger partial charge in [-0.25, -0.2) is 0 Å².